The van der Waals surface area contributed by atoms with Gasteiger partial charge in [0.05, 0.1) is 12.1 Å². The predicted molar refractivity (Wildman–Crippen MR) is 87.3 cm³/mol. The smallest absolute Gasteiger partial charge is 0.0783 e. The van der Waals surface area contributed by atoms with E-state index in [1.54, 1.807) is 0 Å². The molecule has 0 radical (unpaired) electrons. The van der Waals surface area contributed by atoms with Gasteiger partial charge in [-0.3, -0.25) is 0 Å². The first-order chi connectivity index (χ1) is 9.93. The molecule has 3 rings (SSSR count). The summed E-state index contributed by atoms with van der Waals surface area (Å²) in [7, 11) is 0. The van der Waals surface area contributed by atoms with E-state index in [1.807, 2.05) is 0 Å². The first-order valence-corrected chi connectivity index (χ1v) is 8.46. The average molecular weight is 287 g/mol. The molecule has 116 valence electrons. The monoisotopic (exact) mass is 287 g/mol. The number of aliphatic hydroxyl groups excluding tert-OH is 1. The Morgan fingerprint density at radius 2 is 1.76 bits per heavy atom. The van der Waals surface area contributed by atoms with Gasteiger partial charge in [-0.1, -0.05) is 52.0 Å². The molecule has 1 saturated heterocycles. The Bertz CT molecular complexity index is 501. The highest BCUT2D eigenvalue weighted by Gasteiger charge is 2.48. The zero-order valence-electron chi connectivity index (χ0n) is 13.8. The fraction of sp³-hybridized carbons (Fsp3) is 0.684. The summed E-state index contributed by atoms with van der Waals surface area (Å²) in [6.45, 7) is 8.97. The number of benzene rings is 1. The van der Waals surface area contributed by atoms with Gasteiger partial charge in [0, 0.05) is 12.0 Å². The molecule has 21 heavy (non-hydrogen) atoms. The molecule has 1 aliphatic heterocycles. The lowest BCUT2D eigenvalue weighted by Crippen LogP contribution is -2.37. The summed E-state index contributed by atoms with van der Waals surface area (Å²) in [6, 6.07) is 9.21. The van der Waals surface area contributed by atoms with Crippen LogP contribution in [0.15, 0.2) is 24.3 Å². The summed E-state index contributed by atoms with van der Waals surface area (Å²) in [6.07, 6.45) is 3.38. The minimum atomic E-state index is -0.296. The standard InChI is InChI=1S/C19H29NO/c1-5-15-16(19(2,3)4)18(21)17(20-15)14-9-7-6-8-13(14)12-10-11-12/h6-9,12,15-18,20-21H,5,10-11H2,1-4H3. The van der Waals surface area contributed by atoms with E-state index in [2.05, 4.69) is 57.3 Å². The van der Waals surface area contributed by atoms with E-state index in [1.165, 1.54) is 24.0 Å². The van der Waals surface area contributed by atoms with Gasteiger partial charge >= 0.3 is 0 Å². The maximum atomic E-state index is 11.0. The van der Waals surface area contributed by atoms with E-state index in [-0.39, 0.29) is 17.6 Å². The van der Waals surface area contributed by atoms with Crippen LogP contribution in [0.25, 0.3) is 0 Å². The van der Waals surface area contributed by atoms with E-state index >= 15 is 0 Å². The molecule has 2 N–H and O–H groups in total. The van der Waals surface area contributed by atoms with Crippen molar-refractivity contribution in [1.29, 1.82) is 0 Å². The molecule has 1 saturated carbocycles. The molecule has 1 aromatic carbocycles. The van der Waals surface area contributed by atoms with Crippen LogP contribution in [0.5, 0.6) is 0 Å². The predicted octanol–water partition coefficient (Wildman–Crippen LogP) is 4.01. The lowest BCUT2D eigenvalue weighted by atomic mass is 9.73. The minimum absolute atomic E-state index is 0.0935. The van der Waals surface area contributed by atoms with Crippen LogP contribution in [0.3, 0.4) is 0 Å². The summed E-state index contributed by atoms with van der Waals surface area (Å²) < 4.78 is 0. The molecule has 1 aromatic rings. The van der Waals surface area contributed by atoms with Gasteiger partial charge in [-0.15, -0.1) is 0 Å². The number of rotatable bonds is 3. The van der Waals surface area contributed by atoms with Crippen molar-refractivity contribution in [3.8, 4) is 0 Å². The second-order valence-electron chi connectivity index (χ2n) is 7.94. The number of hydrogen-bond acceptors (Lipinski definition) is 2. The number of aliphatic hydroxyl groups is 1. The van der Waals surface area contributed by atoms with Crippen LogP contribution in [0, 0.1) is 11.3 Å². The molecule has 1 heterocycles. The van der Waals surface area contributed by atoms with Crippen LogP contribution >= 0.6 is 0 Å². The summed E-state index contributed by atoms with van der Waals surface area (Å²) in [5.74, 6) is 1.03. The van der Waals surface area contributed by atoms with Crippen LogP contribution in [0.4, 0.5) is 0 Å². The molecule has 2 aliphatic rings. The van der Waals surface area contributed by atoms with E-state index in [0.29, 0.717) is 12.0 Å². The Morgan fingerprint density at radius 1 is 1.14 bits per heavy atom. The van der Waals surface area contributed by atoms with Crippen molar-refractivity contribution < 1.29 is 5.11 Å². The van der Waals surface area contributed by atoms with Crippen LogP contribution < -0.4 is 5.32 Å². The topological polar surface area (TPSA) is 32.3 Å². The van der Waals surface area contributed by atoms with Gasteiger partial charge < -0.3 is 10.4 Å². The summed E-state index contributed by atoms with van der Waals surface area (Å²) >= 11 is 0. The maximum Gasteiger partial charge on any atom is 0.0783 e. The van der Waals surface area contributed by atoms with Crippen molar-refractivity contribution in [2.24, 2.45) is 11.3 Å². The third kappa shape index (κ3) is 2.76. The molecule has 0 aromatic heterocycles. The molecule has 4 unspecified atom stereocenters. The highest BCUT2D eigenvalue weighted by molar-refractivity contribution is 5.37. The van der Waals surface area contributed by atoms with E-state index < -0.39 is 0 Å². The van der Waals surface area contributed by atoms with E-state index in [9.17, 15) is 5.11 Å². The molecule has 0 bridgehead atoms. The van der Waals surface area contributed by atoms with Gasteiger partial charge in [-0.05, 0) is 41.7 Å². The number of nitrogens with one attached hydrogen (secondary N) is 1. The highest BCUT2D eigenvalue weighted by atomic mass is 16.3. The van der Waals surface area contributed by atoms with Crippen molar-refractivity contribution in [2.45, 2.75) is 71.1 Å². The molecule has 2 fully saturated rings. The van der Waals surface area contributed by atoms with Gasteiger partial charge in [-0.25, -0.2) is 0 Å². The average Bonchev–Trinajstić information content (AvgIpc) is 3.21. The van der Waals surface area contributed by atoms with Crippen molar-refractivity contribution in [3.63, 3.8) is 0 Å². The van der Waals surface area contributed by atoms with E-state index in [0.717, 1.165) is 12.3 Å². The van der Waals surface area contributed by atoms with Crippen LogP contribution in [-0.4, -0.2) is 17.3 Å². The van der Waals surface area contributed by atoms with Crippen molar-refractivity contribution in [3.05, 3.63) is 35.4 Å². The maximum absolute atomic E-state index is 11.0. The summed E-state index contributed by atoms with van der Waals surface area (Å²) in [5.41, 5.74) is 2.91. The summed E-state index contributed by atoms with van der Waals surface area (Å²) in [5, 5.41) is 14.7. The first kappa shape index (κ1) is 15.1. The van der Waals surface area contributed by atoms with Crippen molar-refractivity contribution in [2.75, 3.05) is 0 Å². The quantitative estimate of drug-likeness (QED) is 0.880. The Hall–Kier alpha value is -0.860. The van der Waals surface area contributed by atoms with Crippen LogP contribution in [0.1, 0.15) is 70.0 Å². The molecular formula is C19H29NO. The third-order valence-electron chi connectivity index (χ3n) is 5.32. The molecule has 2 heteroatoms. The first-order valence-electron chi connectivity index (χ1n) is 8.46. The SMILES string of the molecule is CCC1NC(c2ccccc2C2CC2)C(O)C1C(C)(C)C. The fourth-order valence-electron chi connectivity index (χ4n) is 4.20. The highest BCUT2D eigenvalue weighted by Crippen LogP contribution is 2.47. The Labute approximate surface area is 129 Å². The molecule has 0 spiro atoms. The van der Waals surface area contributed by atoms with Crippen LogP contribution in [0.2, 0.25) is 0 Å². The second-order valence-corrected chi connectivity index (χ2v) is 7.94. The van der Waals surface area contributed by atoms with Gasteiger partial charge in [0.15, 0.2) is 0 Å². The normalized spacial score (nSPS) is 33.4. The zero-order chi connectivity index (χ0) is 15.2. The minimum Gasteiger partial charge on any atom is -0.391 e. The molecule has 0 amide bonds. The lowest BCUT2D eigenvalue weighted by Gasteiger charge is -2.33. The molecule has 4 atom stereocenters. The third-order valence-corrected chi connectivity index (χ3v) is 5.32. The van der Waals surface area contributed by atoms with E-state index in [4.69, 9.17) is 0 Å². The number of hydrogen-bond donors (Lipinski definition) is 2. The zero-order valence-corrected chi connectivity index (χ0v) is 13.8. The largest absolute Gasteiger partial charge is 0.391 e. The molecule has 2 nitrogen and oxygen atoms in total. The second kappa shape index (κ2) is 5.40. The lowest BCUT2D eigenvalue weighted by molar-refractivity contribution is 0.0501. The van der Waals surface area contributed by atoms with Crippen molar-refractivity contribution >= 4 is 0 Å². The molecular weight excluding hydrogens is 258 g/mol. The van der Waals surface area contributed by atoms with Gasteiger partial charge in [0.2, 0.25) is 0 Å². The summed E-state index contributed by atoms with van der Waals surface area (Å²) in [4.78, 5) is 0. The van der Waals surface area contributed by atoms with Crippen molar-refractivity contribution in [1.82, 2.24) is 5.32 Å². The Balaban J connectivity index is 1.93. The Morgan fingerprint density at radius 3 is 2.24 bits per heavy atom. The van der Waals surface area contributed by atoms with Gasteiger partial charge in [0.1, 0.15) is 0 Å². The van der Waals surface area contributed by atoms with Gasteiger partial charge in [0.25, 0.3) is 0 Å². The van der Waals surface area contributed by atoms with Crippen LogP contribution in [-0.2, 0) is 0 Å². The van der Waals surface area contributed by atoms with Gasteiger partial charge in [-0.2, -0.15) is 0 Å². The Kier molecular flexibility index (Phi) is 3.87. The molecule has 1 aliphatic carbocycles. The fourth-order valence-corrected chi connectivity index (χ4v) is 4.20.